The second kappa shape index (κ2) is 29.6. The van der Waals surface area contributed by atoms with Crippen LogP contribution in [0.25, 0.3) is 22.3 Å². The number of aromatic nitrogens is 2. The van der Waals surface area contributed by atoms with Crippen molar-refractivity contribution in [1.29, 1.82) is 0 Å². The number of rotatable bonds is 24. The summed E-state index contributed by atoms with van der Waals surface area (Å²) >= 11 is 4.17. The maximum atomic E-state index is 15.4. The van der Waals surface area contributed by atoms with Crippen LogP contribution in [0.5, 0.6) is 0 Å². The van der Waals surface area contributed by atoms with Crippen LogP contribution in [0.4, 0.5) is 10.1 Å². The van der Waals surface area contributed by atoms with Crippen molar-refractivity contribution in [1.82, 2.24) is 30.8 Å². The van der Waals surface area contributed by atoms with E-state index in [-0.39, 0.29) is 120 Å². The van der Waals surface area contributed by atoms with E-state index < -0.39 is 34.7 Å². The molecule has 3 aliphatic heterocycles. The van der Waals surface area contributed by atoms with E-state index in [1.165, 1.54) is 6.07 Å². The van der Waals surface area contributed by atoms with Gasteiger partial charge >= 0.3 is 5.97 Å². The molecule has 5 atom stereocenters. The first-order valence-corrected chi connectivity index (χ1v) is 30.5. The maximum absolute atomic E-state index is 15.4. The third-order valence-electron chi connectivity index (χ3n) is 15.1. The van der Waals surface area contributed by atoms with Gasteiger partial charge in [0.05, 0.1) is 84.9 Å². The number of fused-ring (bicyclic) bond motifs is 5. The number of nitrogens with one attached hydrogen (secondary N) is 4. The molecule has 5 heterocycles. The zero-order valence-corrected chi connectivity index (χ0v) is 50.6. The average Bonchev–Trinajstić information content (AvgIpc) is 1.44. The van der Waals surface area contributed by atoms with Gasteiger partial charge in [-0.2, -0.15) is 12.6 Å². The Morgan fingerprint density at radius 3 is 2.35 bits per heavy atom. The monoisotopic (exact) mass is 1190 g/mol. The SMILES string of the molecule is C=C(CNC(=O)C(Cc1ccccc1)N=C(CNC(=O)CNC(=O)CCCc1ccc(N2C(=O)CC(S)C2=O)cc1)PC)NCOCCOC[C@]1(C)CCc2c(C)c(F)cc3nc4c(c1c23)Cn1c-4cc2c(c1=O)COC(=O)C2O.CC.CC. The predicted octanol–water partition coefficient (Wildman–Crippen LogP) is 6.56. The highest BCUT2D eigenvalue weighted by Crippen LogP contribution is 2.48. The fraction of sp³-hybridized carbons (Fsp3) is 0.435. The summed E-state index contributed by atoms with van der Waals surface area (Å²) in [5, 5.41) is 22.3. The first kappa shape index (κ1) is 64.4. The molecule has 9 rings (SSSR count). The molecule has 0 radical (unpaired) electrons. The van der Waals surface area contributed by atoms with E-state index in [0.29, 0.717) is 78.0 Å². The number of halogens is 1. The number of amides is 5. The van der Waals surface area contributed by atoms with Crippen molar-refractivity contribution in [2.24, 2.45) is 4.99 Å². The van der Waals surface area contributed by atoms with Crippen LogP contribution in [0.3, 0.4) is 0 Å². The molecule has 84 heavy (non-hydrogen) atoms. The third-order valence-corrected chi connectivity index (χ3v) is 16.3. The van der Waals surface area contributed by atoms with Crippen molar-refractivity contribution in [3.63, 3.8) is 0 Å². The lowest BCUT2D eigenvalue weighted by molar-refractivity contribution is -0.157. The Bertz CT molecular complexity index is 3380. The van der Waals surface area contributed by atoms with Crippen LogP contribution in [0.2, 0.25) is 0 Å². The third kappa shape index (κ3) is 14.8. The van der Waals surface area contributed by atoms with Crippen molar-refractivity contribution in [2.45, 2.75) is 122 Å². The van der Waals surface area contributed by atoms with Gasteiger partial charge in [-0.05, 0) is 85.3 Å². The minimum Gasteiger partial charge on any atom is -0.458 e. The van der Waals surface area contributed by atoms with E-state index >= 15 is 4.39 Å². The Morgan fingerprint density at radius 1 is 0.929 bits per heavy atom. The van der Waals surface area contributed by atoms with Crippen LogP contribution in [0.15, 0.2) is 88.8 Å². The summed E-state index contributed by atoms with van der Waals surface area (Å²) in [6, 6.07) is 18.7. The molecule has 0 saturated carbocycles. The zero-order valence-electron chi connectivity index (χ0n) is 48.7. The van der Waals surface area contributed by atoms with Gasteiger partial charge in [0.25, 0.3) is 5.56 Å². The Kier molecular flexibility index (Phi) is 22.7. The van der Waals surface area contributed by atoms with Crippen molar-refractivity contribution in [3.05, 3.63) is 140 Å². The van der Waals surface area contributed by atoms with Crippen LogP contribution in [-0.2, 0) is 80.8 Å². The largest absolute Gasteiger partial charge is 0.458 e. The molecular weight excluding hydrogens is 1110 g/mol. The van der Waals surface area contributed by atoms with Gasteiger partial charge in [0, 0.05) is 53.0 Å². The summed E-state index contributed by atoms with van der Waals surface area (Å²) < 4.78 is 34.2. The van der Waals surface area contributed by atoms with Gasteiger partial charge in [0.15, 0.2) is 6.10 Å². The van der Waals surface area contributed by atoms with Crippen molar-refractivity contribution in [2.75, 3.05) is 57.8 Å². The van der Waals surface area contributed by atoms with Gasteiger partial charge in [-0.25, -0.2) is 19.1 Å². The normalized spacial score (nSPS) is 18.0. The molecule has 0 bridgehead atoms. The number of cyclic esters (lactones) is 1. The molecule has 1 fully saturated rings. The van der Waals surface area contributed by atoms with Crippen LogP contribution < -0.4 is 31.7 Å². The molecule has 5 N–H and O–H groups in total. The fourth-order valence-electron chi connectivity index (χ4n) is 10.7. The number of aliphatic hydroxyl groups excluding tert-OH is 1. The van der Waals surface area contributed by atoms with E-state index in [1.807, 2.05) is 76.8 Å². The number of ether oxygens (including phenoxy) is 3. The van der Waals surface area contributed by atoms with E-state index in [0.717, 1.165) is 38.1 Å². The van der Waals surface area contributed by atoms with Gasteiger partial charge < -0.3 is 45.2 Å². The van der Waals surface area contributed by atoms with Crippen LogP contribution >= 0.6 is 21.2 Å². The summed E-state index contributed by atoms with van der Waals surface area (Å²) in [7, 11) is 0.178. The number of benzene rings is 3. The van der Waals surface area contributed by atoms with Crippen molar-refractivity contribution in [3.8, 4) is 11.4 Å². The van der Waals surface area contributed by atoms with E-state index in [9.17, 15) is 38.7 Å². The number of pyridine rings is 2. The number of hydrogen-bond donors (Lipinski definition) is 6. The van der Waals surface area contributed by atoms with Gasteiger partial charge in [0.1, 0.15) is 25.2 Å². The van der Waals surface area contributed by atoms with Gasteiger partial charge in [-0.3, -0.25) is 33.8 Å². The molecule has 0 spiro atoms. The summed E-state index contributed by atoms with van der Waals surface area (Å²) in [4.78, 5) is 101. The van der Waals surface area contributed by atoms with E-state index in [2.05, 4.69) is 47.4 Å². The fourth-order valence-corrected chi connectivity index (χ4v) is 11.5. The summed E-state index contributed by atoms with van der Waals surface area (Å²) in [6.45, 7) is 18.6. The number of anilines is 1. The zero-order chi connectivity index (χ0) is 60.8. The topological polar surface area (TPSA) is 249 Å². The number of carbonyl (C=O) groups excluding carboxylic acids is 6. The Morgan fingerprint density at radius 2 is 1.64 bits per heavy atom. The van der Waals surface area contributed by atoms with E-state index in [1.54, 1.807) is 29.7 Å². The maximum Gasteiger partial charge on any atom is 0.340 e. The number of nitrogens with zero attached hydrogens (tertiary/aromatic N) is 4. The number of thiol groups is 1. The molecular formula is C62H76FN8O11PS. The lowest BCUT2D eigenvalue weighted by atomic mass is 9.69. The number of esters is 1. The Hall–Kier alpha value is -7.16. The Balaban J connectivity index is 0.00000248. The van der Waals surface area contributed by atoms with Crippen LogP contribution in [0, 0.1) is 12.7 Å². The number of aliphatic imine (C=N–C) groups is 1. The molecule has 3 aromatic carbocycles. The Labute approximate surface area is 496 Å². The van der Waals surface area contributed by atoms with Gasteiger partial charge in [-0.15, -0.1) is 0 Å². The minimum absolute atomic E-state index is 0.0645. The molecule has 22 heteroatoms. The number of carbonyl (C=O) groups is 6. The highest BCUT2D eigenvalue weighted by atomic mass is 32.1. The molecule has 19 nitrogen and oxygen atoms in total. The molecule has 5 aromatic rings. The lowest BCUT2D eigenvalue weighted by Crippen LogP contribution is -2.40. The van der Waals surface area contributed by atoms with Crippen molar-refractivity contribution < 1.29 is 52.5 Å². The van der Waals surface area contributed by atoms with Crippen molar-refractivity contribution >= 4 is 78.8 Å². The summed E-state index contributed by atoms with van der Waals surface area (Å²) in [6.07, 6.45) is 1.29. The second-order valence-electron chi connectivity index (χ2n) is 20.6. The van der Waals surface area contributed by atoms with Gasteiger partial charge in [0.2, 0.25) is 29.5 Å². The second-order valence-corrected chi connectivity index (χ2v) is 22.3. The average molecular weight is 1190 g/mol. The van der Waals surface area contributed by atoms with Gasteiger partial charge in [-0.1, -0.05) is 92.2 Å². The molecule has 4 unspecified atom stereocenters. The van der Waals surface area contributed by atoms with Crippen LogP contribution in [0.1, 0.15) is 111 Å². The summed E-state index contributed by atoms with van der Waals surface area (Å²) in [5.74, 6) is -2.86. The molecule has 4 aliphatic rings. The smallest absolute Gasteiger partial charge is 0.340 e. The first-order valence-electron chi connectivity index (χ1n) is 28.5. The minimum atomic E-state index is -1.60. The number of aryl methyl sites for hydroxylation is 2. The quantitative estimate of drug-likeness (QED) is 0.00716. The van der Waals surface area contributed by atoms with E-state index in [4.69, 9.17) is 24.2 Å². The molecule has 1 aliphatic carbocycles. The first-order chi connectivity index (χ1) is 40.4. The molecule has 1 saturated heterocycles. The number of aliphatic hydroxyl groups is 1. The summed E-state index contributed by atoms with van der Waals surface area (Å²) in [5.41, 5.74) is 7.45. The number of imide groups is 1. The molecule has 5 amide bonds. The predicted molar refractivity (Wildman–Crippen MR) is 326 cm³/mol. The highest BCUT2D eigenvalue weighted by molar-refractivity contribution is 7.82. The standard InChI is InChI=1S/C58H64FN8O11PS.2C2H6/c1-32(63-31-77-20-19-76-30-58(3)18-17-37-33(2)41(59)23-42-50(37)51(58)39-28-66-44(52(39)65-42)22-38-40(55(66)73)29-78-57(75)53(38)71)25-62-54(72)43(21-35-9-6-5-7-10-35)64-48(79-4)27-61-47(69)26-60-46(68)12-8-11-34-13-15-36(16-14-34)67-49(70)24-45(80)56(67)74;2*1-2/h5-7,9-10,13-16,22-23,43,45,53,63,71,79-80H,1,8,11-12,17-21,24-31H2,2-4H3,(H,60,68)(H,61,69)(H,62,72);2*1-2H3/t43?,45?,53?,58-;;/m0../s1. The number of hydrogen-bond acceptors (Lipinski definition) is 15. The molecule has 448 valence electrons. The molecule has 2 aromatic heterocycles. The highest BCUT2D eigenvalue weighted by Gasteiger charge is 2.42. The lowest BCUT2D eigenvalue weighted by Gasteiger charge is -2.37. The van der Waals surface area contributed by atoms with Crippen LogP contribution in [-0.4, -0.2) is 120 Å².